The zero-order valence-electron chi connectivity index (χ0n) is 9.66. The zero-order chi connectivity index (χ0) is 12.3. The van der Waals surface area contributed by atoms with Crippen molar-refractivity contribution in [1.29, 1.82) is 0 Å². The number of rotatable bonds is 3. The van der Waals surface area contributed by atoms with Crippen molar-refractivity contribution in [3.8, 4) is 5.75 Å². The fourth-order valence-corrected chi connectivity index (χ4v) is 2.08. The van der Waals surface area contributed by atoms with Gasteiger partial charge in [-0.15, -0.1) is 0 Å². The fourth-order valence-electron chi connectivity index (χ4n) is 1.72. The van der Waals surface area contributed by atoms with Crippen LogP contribution in [0.4, 0.5) is 4.39 Å². The normalized spacial score (nSPS) is 21.5. The summed E-state index contributed by atoms with van der Waals surface area (Å²) in [6.45, 7) is 3.04. The zero-order valence-corrected chi connectivity index (χ0v) is 11.2. The molecule has 5 heteroatoms. The van der Waals surface area contributed by atoms with Crippen LogP contribution in [0, 0.1) is 5.82 Å². The molecule has 0 radical (unpaired) electrons. The third-order valence-electron chi connectivity index (χ3n) is 2.67. The first-order valence-electron chi connectivity index (χ1n) is 5.53. The van der Waals surface area contributed by atoms with E-state index in [2.05, 4.69) is 27.9 Å². The van der Waals surface area contributed by atoms with Crippen LogP contribution in [0.2, 0.25) is 0 Å². The van der Waals surface area contributed by atoms with Crippen LogP contribution in [-0.4, -0.2) is 44.4 Å². The van der Waals surface area contributed by atoms with E-state index in [9.17, 15) is 4.39 Å². The summed E-state index contributed by atoms with van der Waals surface area (Å²) in [4.78, 5) is 2.21. The van der Waals surface area contributed by atoms with Gasteiger partial charge in [0, 0.05) is 13.1 Å². The molecule has 1 aromatic rings. The van der Waals surface area contributed by atoms with Gasteiger partial charge in [0.05, 0.1) is 11.1 Å². The fraction of sp³-hybridized carbons (Fsp3) is 0.500. The summed E-state index contributed by atoms with van der Waals surface area (Å²) in [7, 11) is 2.06. The number of morpholine rings is 1. The van der Waals surface area contributed by atoms with Crippen molar-refractivity contribution in [1.82, 2.24) is 4.90 Å². The number of nitrogens with zero attached hydrogens (tertiary/aromatic N) is 1. The highest BCUT2D eigenvalue weighted by Gasteiger charge is 2.18. The van der Waals surface area contributed by atoms with Gasteiger partial charge in [-0.1, -0.05) is 0 Å². The second-order valence-corrected chi connectivity index (χ2v) is 5.00. The molecule has 3 nitrogen and oxygen atoms in total. The van der Waals surface area contributed by atoms with Gasteiger partial charge in [-0.2, -0.15) is 0 Å². The Bertz CT molecular complexity index is 389. The molecule has 1 fully saturated rings. The quantitative estimate of drug-likeness (QED) is 0.855. The molecule has 0 spiro atoms. The predicted molar refractivity (Wildman–Crippen MR) is 66.8 cm³/mol. The molecule has 0 aliphatic carbocycles. The van der Waals surface area contributed by atoms with E-state index in [0.717, 1.165) is 19.7 Å². The highest BCUT2D eigenvalue weighted by atomic mass is 79.9. The molecule has 0 saturated carbocycles. The maximum Gasteiger partial charge on any atom is 0.137 e. The predicted octanol–water partition coefficient (Wildman–Crippen LogP) is 2.30. The van der Waals surface area contributed by atoms with Crippen molar-refractivity contribution in [2.45, 2.75) is 6.10 Å². The molecule has 1 saturated heterocycles. The van der Waals surface area contributed by atoms with Gasteiger partial charge in [0.15, 0.2) is 0 Å². The summed E-state index contributed by atoms with van der Waals surface area (Å²) in [5, 5.41) is 0. The first kappa shape index (κ1) is 12.8. The van der Waals surface area contributed by atoms with Crippen LogP contribution in [0.15, 0.2) is 22.7 Å². The largest absolute Gasteiger partial charge is 0.491 e. The van der Waals surface area contributed by atoms with Crippen molar-refractivity contribution in [2.75, 3.05) is 33.4 Å². The molecule has 1 heterocycles. The maximum absolute atomic E-state index is 13.0. The molecule has 1 aromatic carbocycles. The Kier molecular flexibility index (Phi) is 4.36. The molecule has 1 aliphatic rings. The lowest BCUT2D eigenvalue weighted by atomic mass is 10.3. The van der Waals surface area contributed by atoms with E-state index in [-0.39, 0.29) is 11.9 Å². The van der Waals surface area contributed by atoms with Crippen molar-refractivity contribution in [3.63, 3.8) is 0 Å². The van der Waals surface area contributed by atoms with Gasteiger partial charge in [-0.05, 0) is 41.2 Å². The Morgan fingerprint density at radius 1 is 1.59 bits per heavy atom. The van der Waals surface area contributed by atoms with Crippen LogP contribution >= 0.6 is 15.9 Å². The van der Waals surface area contributed by atoms with Crippen LogP contribution in [-0.2, 0) is 4.74 Å². The van der Waals surface area contributed by atoms with Gasteiger partial charge in [-0.25, -0.2) is 4.39 Å². The third-order valence-corrected chi connectivity index (χ3v) is 3.28. The second kappa shape index (κ2) is 5.80. The average molecular weight is 304 g/mol. The van der Waals surface area contributed by atoms with Crippen LogP contribution in [0.3, 0.4) is 0 Å². The number of likely N-dealkylation sites (N-methyl/N-ethyl adjacent to an activating group) is 1. The first-order valence-corrected chi connectivity index (χ1v) is 6.32. The minimum absolute atomic E-state index is 0.0811. The standard InChI is InChI=1S/C12H15BrFNO2/c1-15-4-5-16-10(7-15)8-17-9-2-3-12(14)11(13)6-9/h2-3,6,10H,4-5,7-8H2,1H3. The van der Waals surface area contributed by atoms with Crippen molar-refractivity contribution >= 4 is 15.9 Å². The summed E-state index contributed by atoms with van der Waals surface area (Å²) in [5.74, 6) is 0.362. The lowest BCUT2D eigenvalue weighted by Gasteiger charge is -2.29. The average Bonchev–Trinajstić information content (AvgIpc) is 2.31. The third kappa shape index (κ3) is 3.66. The second-order valence-electron chi connectivity index (χ2n) is 4.14. The molecule has 1 aliphatic heterocycles. The highest BCUT2D eigenvalue weighted by molar-refractivity contribution is 9.10. The van der Waals surface area contributed by atoms with E-state index in [1.807, 2.05) is 0 Å². The molecule has 0 N–H and O–H groups in total. The van der Waals surface area contributed by atoms with Gasteiger partial charge in [0.25, 0.3) is 0 Å². The summed E-state index contributed by atoms with van der Waals surface area (Å²) < 4.78 is 24.6. The molecular weight excluding hydrogens is 289 g/mol. The van der Waals surface area contributed by atoms with E-state index < -0.39 is 0 Å². The summed E-state index contributed by atoms with van der Waals surface area (Å²) in [6, 6.07) is 4.63. The molecule has 1 unspecified atom stereocenters. The van der Waals surface area contributed by atoms with Gasteiger partial charge in [0.1, 0.15) is 24.3 Å². The molecule has 0 amide bonds. The van der Waals surface area contributed by atoms with Crippen molar-refractivity contribution in [3.05, 3.63) is 28.5 Å². The van der Waals surface area contributed by atoms with Gasteiger partial charge < -0.3 is 14.4 Å². The van der Waals surface area contributed by atoms with Gasteiger partial charge >= 0.3 is 0 Å². The number of benzene rings is 1. The maximum atomic E-state index is 13.0. The summed E-state index contributed by atoms with van der Waals surface area (Å²) in [5.41, 5.74) is 0. The molecule has 17 heavy (non-hydrogen) atoms. The van der Waals surface area contributed by atoms with Crippen LogP contribution < -0.4 is 4.74 Å². The Morgan fingerprint density at radius 3 is 3.12 bits per heavy atom. The molecule has 94 valence electrons. The highest BCUT2D eigenvalue weighted by Crippen LogP contribution is 2.22. The van der Waals surface area contributed by atoms with E-state index in [4.69, 9.17) is 9.47 Å². The number of halogens is 2. The van der Waals surface area contributed by atoms with E-state index in [0.29, 0.717) is 16.8 Å². The lowest BCUT2D eigenvalue weighted by Crippen LogP contribution is -2.42. The lowest BCUT2D eigenvalue weighted by molar-refractivity contribution is -0.0403. The Hall–Kier alpha value is -0.650. The van der Waals surface area contributed by atoms with E-state index in [1.165, 1.54) is 6.07 Å². The van der Waals surface area contributed by atoms with Crippen LogP contribution in [0.25, 0.3) is 0 Å². The smallest absolute Gasteiger partial charge is 0.137 e. The van der Waals surface area contributed by atoms with E-state index >= 15 is 0 Å². The van der Waals surface area contributed by atoms with E-state index in [1.54, 1.807) is 12.1 Å². The number of hydrogen-bond donors (Lipinski definition) is 0. The molecular formula is C12H15BrFNO2. The molecule has 1 atom stereocenters. The SMILES string of the molecule is CN1CCOC(COc2ccc(F)c(Br)c2)C1. The molecule has 0 aromatic heterocycles. The Labute approximate surface area is 109 Å². The summed E-state index contributed by atoms with van der Waals surface area (Å²) >= 11 is 3.13. The number of ether oxygens (including phenoxy) is 2. The molecule has 0 bridgehead atoms. The van der Waals surface area contributed by atoms with Crippen molar-refractivity contribution < 1.29 is 13.9 Å². The van der Waals surface area contributed by atoms with Gasteiger partial charge in [0.2, 0.25) is 0 Å². The Balaban J connectivity index is 1.86. The van der Waals surface area contributed by atoms with Crippen LogP contribution in [0.1, 0.15) is 0 Å². The monoisotopic (exact) mass is 303 g/mol. The van der Waals surface area contributed by atoms with Crippen molar-refractivity contribution in [2.24, 2.45) is 0 Å². The minimum Gasteiger partial charge on any atom is -0.491 e. The van der Waals surface area contributed by atoms with Gasteiger partial charge in [-0.3, -0.25) is 0 Å². The molecule has 2 rings (SSSR count). The van der Waals surface area contributed by atoms with Crippen LogP contribution in [0.5, 0.6) is 5.75 Å². The first-order chi connectivity index (χ1) is 8.15. The number of hydrogen-bond acceptors (Lipinski definition) is 3. The topological polar surface area (TPSA) is 21.7 Å². The summed E-state index contributed by atoms with van der Waals surface area (Å²) in [6.07, 6.45) is 0.0811. The Morgan fingerprint density at radius 2 is 2.41 bits per heavy atom. The minimum atomic E-state index is -0.286.